The van der Waals surface area contributed by atoms with Crippen LogP contribution in [0.1, 0.15) is 21.7 Å². The lowest BCUT2D eigenvalue weighted by Gasteiger charge is -2.31. The monoisotopic (exact) mass is 404 g/mol. The van der Waals surface area contributed by atoms with Gasteiger partial charge in [-0.3, -0.25) is 4.79 Å². The van der Waals surface area contributed by atoms with E-state index in [1.54, 1.807) is 16.7 Å². The van der Waals surface area contributed by atoms with Crippen molar-refractivity contribution in [3.8, 4) is 0 Å². The van der Waals surface area contributed by atoms with Crippen molar-refractivity contribution in [3.05, 3.63) is 59.5 Å². The molecule has 0 saturated carbocycles. The minimum atomic E-state index is -4.51. The van der Waals surface area contributed by atoms with Crippen LogP contribution in [-0.4, -0.2) is 41.6 Å². The Morgan fingerprint density at radius 2 is 1.93 bits per heavy atom. The normalized spacial score (nSPS) is 15.0. The van der Waals surface area contributed by atoms with Crippen molar-refractivity contribution in [2.45, 2.75) is 13.1 Å². The SMILES string of the molecule is Cc1cccc2nc(C(=O)Nc3cc(C(F)(F)F)ccc3N3CCOCC3)cn12. The quantitative estimate of drug-likeness (QED) is 0.722. The number of nitrogens with one attached hydrogen (secondary N) is 1. The number of alkyl halides is 3. The number of carbonyl (C=O) groups is 1. The molecule has 152 valence electrons. The summed E-state index contributed by atoms with van der Waals surface area (Å²) in [5.41, 5.74) is 1.41. The van der Waals surface area contributed by atoms with E-state index in [-0.39, 0.29) is 11.4 Å². The zero-order valence-corrected chi connectivity index (χ0v) is 15.7. The number of amides is 1. The van der Waals surface area contributed by atoms with Crippen LogP contribution in [-0.2, 0) is 10.9 Å². The van der Waals surface area contributed by atoms with Gasteiger partial charge in [0.15, 0.2) is 0 Å². The Hall–Kier alpha value is -3.07. The molecule has 2 aromatic heterocycles. The first-order valence-electron chi connectivity index (χ1n) is 9.13. The van der Waals surface area contributed by atoms with Gasteiger partial charge in [-0.1, -0.05) is 6.07 Å². The molecule has 0 aliphatic carbocycles. The largest absolute Gasteiger partial charge is 0.416 e. The number of pyridine rings is 1. The van der Waals surface area contributed by atoms with Gasteiger partial charge >= 0.3 is 6.18 Å². The molecule has 1 amide bonds. The molecule has 3 heterocycles. The predicted molar refractivity (Wildman–Crippen MR) is 102 cm³/mol. The summed E-state index contributed by atoms with van der Waals surface area (Å²) in [6.45, 7) is 3.88. The number of hydrogen-bond acceptors (Lipinski definition) is 4. The molecule has 6 nitrogen and oxygen atoms in total. The molecule has 4 rings (SSSR count). The van der Waals surface area contributed by atoms with Gasteiger partial charge in [0.05, 0.1) is 30.2 Å². The molecular formula is C20H19F3N4O2. The molecule has 29 heavy (non-hydrogen) atoms. The van der Waals surface area contributed by atoms with Crippen molar-refractivity contribution in [1.82, 2.24) is 9.38 Å². The van der Waals surface area contributed by atoms with Crippen LogP contribution in [0.15, 0.2) is 42.6 Å². The molecule has 1 N–H and O–H groups in total. The summed E-state index contributed by atoms with van der Waals surface area (Å²) < 4.78 is 46.7. The standard InChI is InChI=1S/C20H19F3N4O2/c1-13-3-2-4-18-24-16(12-27(13)18)19(28)25-15-11-14(20(21,22)23)5-6-17(15)26-7-9-29-10-8-26/h2-6,11-12H,7-10H2,1H3,(H,25,28). The van der Waals surface area contributed by atoms with E-state index in [4.69, 9.17) is 4.74 Å². The van der Waals surface area contributed by atoms with E-state index in [1.807, 2.05) is 24.0 Å². The number of benzene rings is 1. The molecule has 0 bridgehead atoms. The third-order valence-electron chi connectivity index (χ3n) is 4.85. The lowest BCUT2D eigenvalue weighted by molar-refractivity contribution is -0.137. The first kappa shape index (κ1) is 19.3. The summed E-state index contributed by atoms with van der Waals surface area (Å²) in [6.07, 6.45) is -2.94. The van der Waals surface area contributed by atoms with Crippen molar-refractivity contribution in [2.75, 3.05) is 36.5 Å². The van der Waals surface area contributed by atoms with E-state index in [0.29, 0.717) is 37.6 Å². The highest BCUT2D eigenvalue weighted by atomic mass is 19.4. The summed E-state index contributed by atoms with van der Waals surface area (Å²) in [5.74, 6) is -0.568. The van der Waals surface area contributed by atoms with Crippen LogP contribution in [0.5, 0.6) is 0 Å². The van der Waals surface area contributed by atoms with E-state index < -0.39 is 17.6 Å². The van der Waals surface area contributed by atoms with Gasteiger partial charge in [0.2, 0.25) is 0 Å². The molecular weight excluding hydrogens is 385 g/mol. The Labute approximate surface area is 164 Å². The number of halogens is 3. The zero-order chi connectivity index (χ0) is 20.6. The molecule has 1 aromatic carbocycles. The number of hydrogen-bond donors (Lipinski definition) is 1. The lowest BCUT2D eigenvalue weighted by atomic mass is 10.1. The van der Waals surface area contributed by atoms with Crippen molar-refractivity contribution >= 4 is 22.9 Å². The molecule has 9 heteroatoms. The van der Waals surface area contributed by atoms with Crippen molar-refractivity contribution in [3.63, 3.8) is 0 Å². The third kappa shape index (κ3) is 3.91. The summed E-state index contributed by atoms with van der Waals surface area (Å²) >= 11 is 0. The second-order valence-corrected chi connectivity index (χ2v) is 6.80. The van der Waals surface area contributed by atoms with Crippen molar-refractivity contribution < 1.29 is 22.7 Å². The maximum absolute atomic E-state index is 13.2. The predicted octanol–water partition coefficient (Wildman–Crippen LogP) is 3.75. The maximum Gasteiger partial charge on any atom is 0.416 e. The number of fused-ring (bicyclic) bond motifs is 1. The highest BCUT2D eigenvalue weighted by molar-refractivity contribution is 6.05. The van der Waals surface area contributed by atoms with Gasteiger partial charge in [-0.05, 0) is 37.3 Å². The summed E-state index contributed by atoms with van der Waals surface area (Å²) in [5, 5.41) is 2.62. The van der Waals surface area contributed by atoms with Crippen LogP contribution in [0.25, 0.3) is 5.65 Å². The number of imidazole rings is 1. The summed E-state index contributed by atoms with van der Waals surface area (Å²) in [6, 6.07) is 8.83. The van der Waals surface area contributed by atoms with Gasteiger partial charge in [-0.2, -0.15) is 13.2 Å². The number of nitrogens with zero attached hydrogens (tertiary/aromatic N) is 3. The van der Waals surface area contributed by atoms with Crippen LogP contribution in [0.4, 0.5) is 24.5 Å². The van der Waals surface area contributed by atoms with Gasteiger partial charge < -0.3 is 19.4 Å². The topological polar surface area (TPSA) is 58.9 Å². The Morgan fingerprint density at radius 1 is 1.17 bits per heavy atom. The van der Waals surface area contributed by atoms with Crippen LogP contribution >= 0.6 is 0 Å². The molecule has 0 radical (unpaired) electrons. The van der Waals surface area contributed by atoms with Crippen LogP contribution in [0.2, 0.25) is 0 Å². The number of anilines is 2. The van der Waals surface area contributed by atoms with Crippen molar-refractivity contribution in [2.24, 2.45) is 0 Å². The zero-order valence-electron chi connectivity index (χ0n) is 15.7. The minimum absolute atomic E-state index is 0.0977. The first-order valence-corrected chi connectivity index (χ1v) is 9.13. The molecule has 3 aromatic rings. The van der Waals surface area contributed by atoms with E-state index in [0.717, 1.165) is 17.8 Å². The van der Waals surface area contributed by atoms with Crippen LogP contribution < -0.4 is 10.2 Å². The molecule has 1 aliphatic heterocycles. The van der Waals surface area contributed by atoms with Gasteiger partial charge in [-0.25, -0.2) is 4.98 Å². The fourth-order valence-corrected chi connectivity index (χ4v) is 3.34. The van der Waals surface area contributed by atoms with Gasteiger partial charge in [0.25, 0.3) is 5.91 Å². The number of carbonyl (C=O) groups excluding carboxylic acids is 1. The van der Waals surface area contributed by atoms with E-state index in [9.17, 15) is 18.0 Å². The van der Waals surface area contributed by atoms with Crippen molar-refractivity contribution in [1.29, 1.82) is 0 Å². The Morgan fingerprint density at radius 3 is 2.62 bits per heavy atom. The molecule has 1 fully saturated rings. The second kappa shape index (κ2) is 7.40. The van der Waals surface area contributed by atoms with Crippen LogP contribution in [0, 0.1) is 6.92 Å². The summed E-state index contributed by atoms with van der Waals surface area (Å²) in [4.78, 5) is 19.0. The number of ether oxygens (including phenoxy) is 1. The maximum atomic E-state index is 13.2. The Kier molecular flexibility index (Phi) is 4.91. The Bertz CT molecular complexity index is 1060. The molecule has 1 aliphatic rings. The van der Waals surface area contributed by atoms with E-state index in [2.05, 4.69) is 10.3 Å². The molecule has 1 saturated heterocycles. The van der Waals surface area contributed by atoms with Crippen LogP contribution in [0.3, 0.4) is 0 Å². The highest BCUT2D eigenvalue weighted by Gasteiger charge is 2.32. The average molecular weight is 404 g/mol. The van der Waals surface area contributed by atoms with Gasteiger partial charge in [-0.15, -0.1) is 0 Å². The smallest absolute Gasteiger partial charge is 0.378 e. The number of rotatable bonds is 3. The number of morpholine rings is 1. The minimum Gasteiger partial charge on any atom is -0.378 e. The van der Waals surface area contributed by atoms with Gasteiger partial charge in [0.1, 0.15) is 11.3 Å². The lowest BCUT2D eigenvalue weighted by Crippen LogP contribution is -2.36. The number of aryl methyl sites for hydroxylation is 1. The fourth-order valence-electron chi connectivity index (χ4n) is 3.34. The average Bonchev–Trinajstić information content (AvgIpc) is 3.14. The summed E-state index contributed by atoms with van der Waals surface area (Å²) in [7, 11) is 0. The molecule has 0 spiro atoms. The third-order valence-corrected chi connectivity index (χ3v) is 4.85. The highest BCUT2D eigenvalue weighted by Crippen LogP contribution is 2.36. The van der Waals surface area contributed by atoms with E-state index in [1.165, 1.54) is 6.07 Å². The Balaban J connectivity index is 1.69. The fraction of sp³-hybridized carbons (Fsp3) is 0.300. The van der Waals surface area contributed by atoms with E-state index >= 15 is 0 Å². The van der Waals surface area contributed by atoms with Gasteiger partial charge in [0, 0.05) is 25.0 Å². The molecule has 0 atom stereocenters. The first-order chi connectivity index (χ1) is 13.8. The molecule has 0 unspecified atom stereocenters. The number of aromatic nitrogens is 2. The second-order valence-electron chi connectivity index (χ2n) is 6.80.